The number of fused-ring (bicyclic) bond motifs is 14. The third kappa shape index (κ3) is 4.86. The van der Waals surface area contributed by atoms with Gasteiger partial charge in [0.25, 0.3) is 0 Å². The molecule has 2 atom stereocenters. The molecule has 2 unspecified atom stereocenters. The average Bonchev–Trinajstić information content (AvgIpc) is 3.90. The predicted octanol–water partition coefficient (Wildman–Crippen LogP) is 13.4. The summed E-state index contributed by atoms with van der Waals surface area (Å²) in [5.74, 6) is 0. The van der Waals surface area contributed by atoms with Crippen molar-refractivity contribution in [2.45, 2.75) is 5.41 Å². The van der Waals surface area contributed by atoms with Gasteiger partial charge in [-0.3, -0.25) is 0 Å². The minimum absolute atomic E-state index is 0.724. The first-order valence-electron chi connectivity index (χ1n) is 22.4. The topological polar surface area (TPSA) is 30.1 Å². The van der Waals surface area contributed by atoms with Crippen molar-refractivity contribution in [2.75, 3.05) is 0 Å². The van der Waals surface area contributed by atoms with Crippen LogP contribution in [0.2, 0.25) is 0 Å². The Labute approximate surface area is 377 Å². The second-order valence-electron chi connectivity index (χ2n) is 17.5. The number of aromatic nitrogens is 2. The standard InChI is InChI=1S/C61H40N2OP/c64-65(45-18-5-2-6-19-45)58-29-14-10-24-51(58)61(50-23-9-13-28-57(50)63-55-27-12-7-20-46(55)48-22-15-25-52(61)60(48)63)53-39-43(35-37-59(53)65)41-32-30-40(31-33-41)42-34-36-56-49(38-42)47-21-8-11-26-54(47)62(56)44-16-3-1-4-17-44/h1-39,64H/q+1. The summed E-state index contributed by atoms with van der Waals surface area (Å²) in [6, 6.07) is 85.9. The molecule has 0 radical (unpaired) electrons. The first kappa shape index (κ1) is 36.7. The molecule has 3 nitrogen and oxygen atoms in total. The second-order valence-corrected chi connectivity index (χ2v) is 20.3. The van der Waals surface area contributed by atoms with E-state index in [0.717, 1.165) is 43.9 Å². The Bertz CT molecular complexity index is 3900. The van der Waals surface area contributed by atoms with Gasteiger partial charge in [-0.15, -0.1) is 0 Å². The highest BCUT2D eigenvalue weighted by Crippen LogP contribution is 2.64. The third-order valence-electron chi connectivity index (χ3n) is 14.4. The minimum Gasteiger partial charge on any atom is -0.309 e. The number of nitrogens with zero attached hydrogens (tertiary/aromatic N) is 2. The van der Waals surface area contributed by atoms with Gasteiger partial charge in [-0.2, -0.15) is 0 Å². The van der Waals surface area contributed by atoms with E-state index in [4.69, 9.17) is 0 Å². The predicted molar refractivity (Wildman–Crippen MR) is 272 cm³/mol. The molecule has 0 saturated carbocycles. The SMILES string of the molecule is O[P+]1(c2ccccc2)c2ccccc2C2(c3ccccc3-n3c4ccccc4c4cccc2c43)c2cc(-c3ccc(-c4ccc5c(c4)c4ccccc4n5-c4ccccc4)cc3)ccc21. The molecular weight excluding hydrogens is 808 g/mol. The van der Waals surface area contributed by atoms with Gasteiger partial charge in [0.15, 0.2) is 0 Å². The van der Waals surface area contributed by atoms with Gasteiger partial charge in [-0.25, -0.2) is 4.89 Å². The van der Waals surface area contributed by atoms with Crippen LogP contribution in [0, 0.1) is 0 Å². The van der Waals surface area contributed by atoms with Gasteiger partial charge < -0.3 is 9.13 Å². The molecule has 2 aromatic heterocycles. The molecular formula is C61H40N2OP+. The number of hydrogen-bond acceptors (Lipinski definition) is 1. The van der Waals surface area contributed by atoms with Gasteiger partial charge in [0.2, 0.25) is 7.49 Å². The van der Waals surface area contributed by atoms with Crippen molar-refractivity contribution in [3.05, 3.63) is 259 Å². The number of rotatable bonds is 4. The molecule has 2 aliphatic rings. The Morgan fingerprint density at radius 3 is 1.63 bits per heavy atom. The van der Waals surface area contributed by atoms with Gasteiger partial charge in [-0.05, 0) is 106 Å². The Morgan fingerprint density at radius 2 is 0.862 bits per heavy atom. The summed E-state index contributed by atoms with van der Waals surface area (Å²) in [7, 11) is -3.11. The van der Waals surface area contributed by atoms with Crippen molar-refractivity contribution >= 4 is 67.0 Å². The first-order chi connectivity index (χ1) is 32.1. The van der Waals surface area contributed by atoms with Crippen LogP contribution < -0.4 is 15.9 Å². The Kier molecular flexibility index (Phi) is 7.67. The normalized spacial score (nSPS) is 17.1. The maximum absolute atomic E-state index is 13.7. The quantitative estimate of drug-likeness (QED) is 0.176. The van der Waals surface area contributed by atoms with Crippen molar-refractivity contribution in [1.82, 2.24) is 9.13 Å². The largest absolute Gasteiger partial charge is 0.309 e. The van der Waals surface area contributed by atoms with Gasteiger partial charge in [0, 0.05) is 38.4 Å². The van der Waals surface area contributed by atoms with E-state index in [1.807, 2.05) is 6.07 Å². The molecule has 0 aliphatic carbocycles. The van der Waals surface area contributed by atoms with Crippen LogP contribution in [-0.2, 0) is 5.41 Å². The summed E-state index contributed by atoms with van der Waals surface area (Å²) in [6.45, 7) is 0. The average molecular weight is 848 g/mol. The van der Waals surface area contributed by atoms with Crippen molar-refractivity contribution < 1.29 is 4.89 Å². The smallest absolute Gasteiger partial charge is 0.239 e. The zero-order valence-electron chi connectivity index (χ0n) is 35.3. The second kappa shape index (κ2) is 13.6. The van der Waals surface area contributed by atoms with Crippen molar-refractivity contribution in [2.24, 2.45) is 0 Å². The lowest BCUT2D eigenvalue weighted by Crippen LogP contribution is -2.50. The molecule has 12 aromatic rings. The van der Waals surface area contributed by atoms with E-state index in [9.17, 15) is 4.89 Å². The van der Waals surface area contributed by atoms with Gasteiger partial charge >= 0.3 is 0 Å². The highest BCUT2D eigenvalue weighted by atomic mass is 31.2. The van der Waals surface area contributed by atoms with E-state index in [1.165, 1.54) is 71.6 Å². The van der Waals surface area contributed by atoms with Gasteiger partial charge in [0.05, 0.1) is 33.2 Å². The van der Waals surface area contributed by atoms with Crippen LogP contribution in [0.4, 0.5) is 0 Å². The van der Waals surface area contributed by atoms with Gasteiger partial charge in [0.1, 0.15) is 15.9 Å². The van der Waals surface area contributed by atoms with Crippen molar-refractivity contribution in [3.63, 3.8) is 0 Å². The highest BCUT2D eigenvalue weighted by Gasteiger charge is 2.60. The monoisotopic (exact) mass is 847 g/mol. The Hall–Kier alpha value is -7.81. The summed E-state index contributed by atoms with van der Waals surface area (Å²) in [4.78, 5) is 13.7. The van der Waals surface area contributed by atoms with Crippen LogP contribution in [0.3, 0.4) is 0 Å². The summed E-state index contributed by atoms with van der Waals surface area (Å²) in [5, 5.41) is 7.93. The zero-order chi connectivity index (χ0) is 42.9. The molecule has 0 bridgehead atoms. The van der Waals surface area contributed by atoms with Crippen LogP contribution in [0.15, 0.2) is 237 Å². The number of para-hydroxylation sites is 5. The molecule has 0 amide bonds. The molecule has 0 saturated heterocycles. The van der Waals surface area contributed by atoms with E-state index in [0.29, 0.717) is 0 Å². The maximum atomic E-state index is 13.7. The van der Waals surface area contributed by atoms with E-state index in [1.54, 1.807) is 0 Å². The first-order valence-corrected chi connectivity index (χ1v) is 24.1. The van der Waals surface area contributed by atoms with E-state index < -0.39 is 12.9 Å². The molecule has 304 valence electrons. The molecule has 2 aliphatic heterocycles. The van der Waals surface area contributed by atoms with Crippen LogP contribution in [0.1, 0.15) is 22.3 Å². The number of benzene rings is 10. The zero-order valence-corrected chi connectivity index (χ0v) is 36.2. The molecule has 14 rings (SSSR count). The molecule has 1 N–H and O–H groups in total. The van der Waals surface area contributed by atoms with Gasteiger partial charge in [-0.1, -0.05) is 164 Å². The number of hydrogen-bond donors (Lipinski definition) is 1. The maximum Gasteiger partial charge on any atom is 0.239 e. The molecule has 4 heteroatoms. The molecule has 10 aromatic carbocycles. The van der Waals surface area contributed by atoms with Crippen molar-refractivity contribution in [1.29, 1.82) is 0 Å². The Balaban J connectivity index is 0.994. The molecule has 0 fully saturated rings. The molecule has 1 spiro atoms. The lowest BCUT2D eigenvalue weighted by atomic mass is 9.62. The lowest BCUT2D eigenvalue weighted by molar-refractivity contribution is 0.626. The van der Waals surface area contributed by atoms with Crippen LogP contribution in [0.5, 0.6) is 0 Å². The Morgan fingerprint density at radius 1 is 0.338 bits per heavy atom. The fraction of sp³-hybridized carbons (Fsp3) is 0.0164. The van der Waals surface area contributed by atoms with Crippen LogP contribution in [-0.4, -0.2) is 14.0 Å². The molecule has 65 heavy (non-hydrogen) atoms. The summed E-state index contributed by atoms with van der Waals surface area (Å²) in [5.41, 5.74) is 15.7. The third-order valence-corrected chi connectivity index (χ3v) is 17.6. The summed E-state index contributed by atoms with van der Waals surface area (Å²) >= 11 is 0. The molecule has 4 heterocycles. The summed E-state index contributed by atoms with van der Waals surface area (Å²) < 4.78 is 4.85. The van der Waals surface area contributed by atoms with Crippen LogP contribution >= 0.6 is 7.49 Å². The van der Waals surface area contributed by atoms with E-state index in [-0.39, 0.29) is 0 Å². The van der Waals surface area contributed by atoms with Crippen LogP contribution in [0.25, 0.3) is 77.2 Å². The minimum atomic E-state index is -3.11. The fourth-order valence-corrected chi connectivity index (χ4v) is 14.9. The highest BCUT2D eigenvalue weighted by molar-refractivity contribution is 7.91. The van der Waals surface area contributed by atoms with Crippen molar-refractivity contribution in [3.8, 4) is 33.6 Å². The van der Waals surface area contributed by atoms with E-state index in [2.05, 4.69) is 240 Å². The lowest BCUT2D eigenvalue weighted by Gasteiger charge is -2.46. The summed E-state index contributed by atoms with van der Waals surface area (Å²) in [6.07, 6.45) is 0. The fourth-order valence-electron chi connectivity index (χ4n) is 11.7. The van der Waals surface area contributed by atoms with E-state index >= 15 is 0 Å².